The minimum absolute atomic E-state index is 0.159. The summed E-state index contributed by atoms with van der Waals surface area (Å²) >= 11 is 0. The van der Waals surface area contributed by atoms with Crippen LogP contribution in [0.15, 0.2) is 42.5 Å². The van der Waals surface area contributed by atoms with Crippen LogP contribution in [0.5, 0.6) is 0 Å². The molecule has 0 aromatic heterocycles. The monoisotopic (exact) mass is 364 g/mol. The molecule has 25 heavy (non-hydrogen) atoms. The number of hydrogen-bond acceptors (Lipinski definition) is 3. The van der Waals surface area contributed by atoms with Crippen molar-refractivity contribution >= 4 is 27.3 Å². The molecule has 1 atom stereocenters. The van der Waals surface area contributed by atoms with Crippen LogP contribution in [0.1, 0.15) is 18.1 Å². The fourth-order valence-electron chi connectivity index (χ4n) is 2.52. The third kappa shape index (κ3) is 4.36. The average Bonchev–Trinajstić information content (AvgIpc) is 2.51. The molecule has 0 aliphatic heterocycles. The Labute approximate surface area is 147 Å². The van der Waals surface area contributed by atoms with Gasteiger partial charge in [0.05, 0.1) is 11.9 Å². The average molecular weight is 364 g/mol. The molecule has 0 heterocycles. The van der Waals surface area contributed by atoms with E-state index in [1.54, 1.807) is 6.07 Å². The number of carbonyl (C=O) groups is 1. The molecule has 2 aromatic carbocycles. The lowest BCUT2D eigenvalue weighted by Crippen LogP contribution is -2.45. The van der Waals surface area contributed by atoms with Gasteiger partial charge in [0.25, 0.3) is 0 Å². The van der Waals surface area contributed by atoms with E-state index in [1.165, 1.54) is 25.1 Å². The molecule has 1 N–H and O–H groups in total. The number of benzene rings is 2. The molecule has 0 radical (unpaired) electrons. The normalized spacial score (nSPS) is 12.5. The van der Waals surface area contributed by atoms with Crippen molar-refractivity contribution < 1.29 is 17.6 Å². The Balaban J connectivity index is 2.37. The number of amides is 1. The van der Waals surface area contributed by atoms with Gasteiger partial charge in [0.1, 0.15) is 11.9 Å². The Morgan fingerprint density at radius 3 is 2.40 bits per heavy atom. The topological polar surface area (TPSA) is 66.5 Å². The van der Waals surface area contributed by atoms with Gasteiger partial charge in [-0.3, -0.25) is 9.10 Å². The molecule has 2 aromatic rings. The number of nitrogens with one attached hydrogen (secondary N) is 1. The van der Waals surface area contributed by atoms with Gasteiger partial charge < -0.3 is 5.32 Å². The lowest BCUT2D eigenvalue weighted by atomic mass is 10.1. The highest BCUT2D eigenvalue weighted by Gasteiger charge is 2.31. The van der Waals surface area contributed by atoms with Crippen LogP contribution >= 0.6 is 0 Å². The number of nitrogens with zero attached hydrogens (tertiary/aromatic N) is 1. The molecule has 134 valence electrons. The SMILES string of the molecule is Cc1ccc(C)c(NC(=O)[C@H](C)N(c2ccccc2F)S(C)(=O)=O)c1. The fourth-order valence-corrected chi connectivity index (χ4v) is 3.69. The second-order valence-corrected chi connectivity index (χ2v) is 7.85. The van der Waals surface area contributed by atoms with Gasteiger partial charge in [-0.05, 0) is 50.1 Å². The Bertz CT molecular complexity index is 897. The second kappa shape index (κ2) is 7.23. The van der Waals surface area contributed by atoms with E-state index in [2.05, 4.69) is 5.32 Å². The van der Waals surface area contributed by atoms with Gasteiger partial charge >= 0.3 is 0 Å². The predicted octanol–water partition coefficient (Wildman–Crippen LogP) is 3.24. The van der Waals surface area contributed by atoms with Gasteiger partial charge in [-0.25, -0.2) is 12.8 Å². The zero-order valence-electron chi connectivity index (χ0n) is 14.6. The summed E-state index contributed by atoms with van der Waals surface area (Å²) in [7, 11) is -3.86. The van der Waals surface area contributed by atoms with Crippen LogP contribution in [-0.2, 0) is 14.8 Å². The first-order valence-corrected chi connectivity index (χ1v) is 9.58. The van der Waals surface area contributed by atoms with Crippen molar-refractivity contribution in [3.63, 3.8) is 0 Å². The van der Waals surface area contributed by atoms with Crippen molar-refractivity contribution in [2.45, 2.75) is 26.8 Å². The van der Waals surface area contributed by atoms with Crippen molar-refractivity contribution in [3.8, 4) is 0 Å². The molecule has 0 saturated heterocycles. The maximum atomic E-state index is 14.1. The zero-order valence-corrected chi connectivity index (χ0v) is 15.4. The molecule has 1 amide bonds. The van der Waals surface area contributed by atoms with E-state index < -0.39 is 27.8 Å². The van der Waals surface area contributed by atoms with E-state index in [1.807, 2.05) is 26.0 Å². The Morgan fingerprint density at radius 1 is 1.16 bits per heavy atom. The number of sulfonamides is 1. The number of carbonyl (C=O) groups excluding carboxylic acids is 1. The maximum absolute atomic E-state index is 14.1. The van der Waals surface area contributed by atoms with E-state index >= 15 is 0 Å². The molecule has 2 rings (SSSR count). The molecule has 5 nitrogen and oxygen atoms in total. The van der Waals surface area contributed by atoms with Crippen molar-refractivity contribution in [1.29, 1.82) is 0 Å². The molecule has 0 fully saturated rings. The molecule has 0 unspecified atom stereocenters. The molecular formula is C18H21FN2O3S. The molecule has 0 saturated carbocycles. The van der Waals surface area contributed by atoms with Crippen LogP contribution in [-0.4, -0.2) is 26.6 Å². The Morgan fingerprint density at radius 2 is 1.80 bits per heavy atom. The number of para-hydroxylation sites is 1. The first-order chi connectivity index (χ1) is 11.6. The number of anilines is 2. The van der Waals surface area contributed by atoms with Gasteiger partial charge in [-0.1, -0.05) is 24.3 Å². The molecule has 7 heteroatoms. The summed E-state index contributed by atoms with van der Waals surface area (Å²) in [6.07, 6.45) is 0.946. The summed E-state index contributed by atoms with van der Waals surface area (Å²) in [5.74, 6) is -1.25. The largest absolute Gasteiger partial charge is 0.324 e. The van der Waals surface area contributed by atoms with E-state index in [9.17, 15) is 17.6 Å². The van der Waals surface area contributed by atoms with E-state index in [4.69, 9.17) is 0 Å². The summed E-state index contributed by atoms with van der Waals surface area (Å²) in [6.45, 7) is 5.15. The van der Waals surface area contributed by atoms with Crippen LogP contribution in [0.2, 0.25) is 0 Å². The van der Waals surface area contributed by atoms with Gasteiger partial charge in [-0.15, -0.1) is 0 Å². The van der Waals surface area contributed by atoms with Crippen LogP contribution in [0.4, 0.5) is 15.8 Å². The van der Waals surface area contributed by atoms with Crippen molar-refractivity contribution in [2.24, 2.45) is 0 Å². The first-order valence-electron chi connectivity index (χ1n) is 7.73. The van der Waals surface area contributed by atoms with E-state index in [0.717, 1.165) is 27.8 Å². The molecule has 0 aliphatic rings. The lowest BCUT2D eigenvalue weighted by Gasteiger charge is -2.28. The molecular weight excluding hydrogens is 343 g/mol. The minimum Gasteiger partial charge on any atom is -0.324 e. The number of aryl methyl sites for hydroxylation is 2. The lowest BCUT2D eigenvalue weighted by molar-refractivity contribution is -0.116. The van der Waals surface area contributed by atoms with Crippen LogP contribution in [0.25, 0.3) is 0 Å². The maximum Gasteiger partial charge on any atom is 0.248 e. The van der Waals surface area contributed by atoms with Gasteiger partial charge in [0, 0.05) is 5.69 Å². The van der Waals surface area contributed by atoms with E-state index in [-0.39, 0.29) is 5.69 Å². The standard InChI is InChI=1S/C18H21FN2O3S/c1-12-9-10-13(2)16(11-12)20-18(22)14(3)21(25(4,23)24)17-8-6-5-7-15(17)19/h5-11,14H,1-4H3,(H,20,22)/t14-/m0/s1. The van der Waals surface area contributed by atoms with Gasteiger partial charge in [0.2, 0.25) is 15.9 Å². The third-order valence-electron chi connectivity index (χ3n) is 3.83. The summed E-state index contributed by atoms with van der Waals surface area (Å²) in [4.78, 5) is 12.6. The number of rotatable bonds is 5. The summed E-state index contributed by atoms with van der Waals surface area (Å²) in [5.41, 5.74) is 2.25. The number of hydrogen-bond donors (Lipinski definition) is 1. The highest BCUT2D eigenvalue weighted by molar-refractivity contribution is 7.92. The van der Waals surface area contributed by atoms with Crippen LogP contribution in [0, 0.1) is 19.7 Å². The quantitative estimate of drug-likeness (QED) is 0.886. The number of halogens is 1. The van der Waals surface area contributed by atoms with Crippen molar-refractivity contribution in [2.75, 3.05) is 15.9 Å². The van der Waals surface area contributed by atoms with Crippen LogP contribution in [0.3, 0.4) is 0 Å². The first kappa shape index (κ1) is 18.9. The van der Waals surface area contributed by atoms with Crippen molar-refractivity contribution in [1.82, 2.24) is 0 Å². The van der Waals surface area contributed by atoms with E-state index in [0.29, 0.717) is 5.69 Å². The summed E-state index contributed by atoms with van der Waals surface area (Å²) in [6, 6.07) is 9.92. The van der Waals surface area contributed by atoms with Gasteiger partial charge in [-0.2, -0.15) is 0 Å². The zero-order chi connectivity index (χ0) is 18.8. The minimum atomic E-state index is -3.86. The summed E-state index contributed by atoms with van der Waals surface area (Å²) in [5, 5.41) is 2.73. The van der Waals surface area contributed by atoms with Crippen LogP contribution < -0.4 is 9.62 Å². The predicted molar refractivity (Wildman–Crippen MR) is 97.7 cm³/mol. The Hall–Kier alpha value is -2.41. The highest BCUT2D eigenvalue weighted by Crippen LogP contribution is 2.25. The fraction of sp³-hybridized carbons (Fsp3) is 0.278. The molecule has 0 spiro atoms. The third-order valence-corrected chi connectivity index (χ3v) is 5.06. The smallest absolute Gasteiger partial charge is 0.248 e. The van der Waals surface area contributed by atoms with Gasteiger partial charge in [0.15, 0.2) is 0 Å². The highest BCUT2D eigenvalue weighted by atomic mass is 32.2. The molecule has 0 bridgehead atoms. The Kier molecular flexibility index (Phi) is 5.47. The van der Waals surface area contributed by atoms with Crippen molar-refractivity contribution in [3.05, 3.63) is 59.4 Å². The summed E-state index contributed by atoms with van der Waals surface area (Å²) < 4.78 is 39.3. The second-order valence-electron chi connectivity index (χ2n) is 5.99. The molecule has 0 aliphatic carbocycles.